The SMILES string of the molecule is CC[C@H](C)NC(=O)[C@H](C)N(Cc1ccccc1Cl)C(=O)CN(c1ccccc1)S(=O)(=O)c1ccccc1. The van der Waals surface area contributed by atoms with Crippen molar-refractivity contribution in [1.29, 1.82) is 0 Å². The van der Waals surface area contributed by atoms with Crippen molar-refractivity contribution in [3.63, 3.8) is 0 Å². The summed E-state index contributed by atoms with van der Waals surface area (Å²) in [4.78, 5) is 28.3. The Labute approximate surface area is 224 Å². The fourth-order valence-electron chi connectivity index (χ4n) is 3.70. The minimum absolute atomic E-state index is 0.0433. The van der Waals surface area contributed by atoms with Gasteiger partial charge in [0.2, 0.25) is 11.8 Å². The largest absolute Gasteiger partial charge is 0.352 e. The number of nitrogens with zero attached hydrogens (tertiary/aromatic N) is 2. The predicted octanol–water partition coefficient (Wildman–Crippen LogP) is 4.87. The standard InChI is InChI=1S/C28H32ClN3O4S/c1-4-21(2)30-28(34)22(3)31(19-23-13-11-12-18-26(23)29)27(33)20-32(24-14-7-5-8-15-24)37(35,36)25-16-9-6-10-17-25/h5-18,21-22H,4,19-20H2,1-3H3,(H,30,34)/t21-,22-/m0/s1. The van der Waals surface area contributed by atoms with Crippen LogP contribution in [0.15, 0.2) is 89.8 Å². The monoisotopic (exact) mass is 541 g/mol. The second-order valence-electron chi connectivity index (χ2n) is 8.77. The van der Waals surface area contributed by atoms with Crippen molar-refractivity contribution < 1.29 is 18.0 Å². The fourth-order valence-corrected chi connectivity index (χ4v) is 5.33. The molecule has 3 aromatic carbocycles. The molecular weight excluding hydrogens is 510 g/mol. The van der Waals surface area contributed by atoms with E-state index in [2.05, 4.69) is 5.32 Å². The third kappa shape index (κ3) is 7.11. The van der Waals surface area contributed by atoms with E-state index >= 15 is 0 Å². The van der Waals surface area contributed by atoms with Crippen molar-refractivity contribution in [3.05, 3.63) is 95.5 Å². The molecule has 3 aromatic rings. The third-order valence-electron chi connectivity index (χ3n) is 6.12. The molecule has 0 aliphatic heterocycles. The van der Waals surface area contributed by atoms with Gasteiger partial charge in [-0.2, -0.15) is 0 Å². The molecule has 3 rings (SSSR count). The van der Waals surface area contributed by atoms with E-state index in [1.807, 2.05) is 13.8 Å². The smallest absolute Gasteiger partial charge is 0.264 e. The average Bonchev–Trinajstić information content (AvgIpc) is 2.91. The molecule has 196 valence electrons. The van der Waals surface area contributed by atoms with Gasteiger partial charge >= 0.3 is 0 Å². The minimum atomic E-state index is -4.07. The number of nitrogens with one attached hydrogen (secondary N) is 1. The highest BCUT2D eigenvalue weighted by atomic mass is 35.5. The molecule has 37 heavy (non-hydrogen) atoms. The van der Waals surface area contributed by atoms with E-state index in [0.717, 1.165) is 10.7 Å². The Morgan fingerprint density at radius 1 is 0.892 bits per heavy atom. The van der Waals surface area contributed by atoms with E-state index in [9.17, 15) is 18.0 Å². The molecule has 0 unspecified atom stereocenters. The van der Waals surface area contributed by atoms with Gasteiger partial charge in [-0.05, 0) is 56.2 Å². The van der Waals surface area contributed by atoms with Gasteiger partial charge in [-0.3, -0.25) is 13.9 Å². The highest BCUT2D eigenvalue weighted by Gasteiger charge is 2.32. The van der Waals surface area contributed by atoms with Gasteiger partial charge in [0.1, 0.15) is 12.6 Å². The summed E-state index contributed by atoms with van der Waals surface area (Å²) >= 11 is 6.37. The zero-order chi connectivity index (χ0) is 27.0. The van der Waals surface area contributed by atoms with Crippen LogP contribution in [0.3, 0.4) is 0 Å². The zero-order valence-corrected chi connectivity index (χ0v) is 22.7. The summed E-state index contributed by atoms with van der Waals surface area (Å²) in [5, 5.41) is 3.36. The first-order valence-corrected chi connectivity index (χ1v) is 13.9. The van der Waals surface area contributed by atoms with Crippen LogP contribution in [0.25, 0.3) is 0 Å². The fraction of sp³-hybridized carbons (Fsp3) is 0.286. The number of hydrogen-bond acceptors (Lipinski definition) is 4. The quantitative estimate of drug-likeness (QED) is 0.375. The van der Waals surface area contributed by atoms with Crippen molar-refractivity contribution >= 4 is 39.1 Å². The van der Waals surface area contributed by atoms with Crippen LogP contribution in [0.4, 0.5) is 5.69 Å². The highest BCUT2D eigenvalue weighted by Crippen LogP contribution is 2.25. The van der Waals surface area contributed by atoms with Crippen LogP contribution in [0.1, 0.15) is 32.8 Å². The lowest BCUT2D eigenvalue weighted by Crippen LogP contribution is -2.52. The van der Waals surface area contributed by atoms with Crippen LogP contribution in [0, 0.1) is 0 Å². The molecule has 0 saturated carbocycles. The summed E-state index contributed by atoms with van der Waals surface area (Å²) in [5.74, 6) is -0.859. The van der Waals surface area contributed by atoms with E-state index in [0.29, 0.717) is 16.3 Å². The van der Waals surface area contributed by atoms with Gasteiger partial charge in [0.15, 0.2) is 0 Å². The number of carbonyl (C=O) groups excluding carboxylic acids is 2. The Kier molecular flexibility index (Phi) is 9.72. The lowest BCUT2D eigenvalue weighted by Gasteiger charge is -2.32. The van der Waals surface area contributed by atoms with Gasteiger partial charge < -0.3 is 10.2 Å². The second-order valence-corrected chi connectivity index (χ2v) is 11.0. The Hall–Kier alpha value is -3.36. The van der Waals surface area contributed by atoms with E-state index in [-0.39, 0.29) is 23.4 Å². The topological polar surface area (TPSA) is 86.8 Å². The van der Waals surface area contributed by atoms with Gasteiger partial charge in [0.05, 0.1) is 10.6 Å². The Morgan fingerprint density at radius 2 is 1.46 bits per heavy atom. The lowest BCUT2D eigenvalue weighted by atomic mass is 10.1. The summed E-state index contributed by atoms with van der Waals surface area (Å²) < 4.78 is 28.4. The van der Waals surface area contributed by atoms with Crippen LogP contribution in [0.2, 0.25) is 5.02 Å². The minimum Gasteiger partial charge on any atom is -0.352 e. The molecule has 0 bridgehead atoms. The maximum atomic E-state index is 13.8. The van der Waals surface area contributed by atoms with Crippen molar-refractivity contribution in [1.82, 2.24) is 10.2 Å². The van der Waals surface area contributed by atoms with Gasteiger partial charge in [0.25, 0.3) is 10.0 Å². The number of anilines is 1. The first kappa shape index (κ1) is 28.2. The molecule has 0 radical (unpaired) electrons. The molecule has 0 fully saturated rings. The van der Waals surface area contributed by atoms with Crippen LogP contribution >= 0.6 is 11.6 Å². The number of amides is 2. The number of halogens is 1. The molecule has 2 amide bonds. The van der Waals surface area contributed by atoms with E-state index in [4.69, 9.17) is 11.6 Å². The molecule has 7 nitrogen and oxygen atoms in total. The van der Waals surface area contributed by atoms with E-state index in [1.54, 1.807) is 79.7 Å². The molecule has 0 aliphatic carbocycles. The molecule has 2 atom stereocenters. The number of para-hydroxylation sites is 1. The average molecular weight is 542 g/mol. The summed E-state index contributed by atoms with van der Waals surface area (Å²) in [7, 11) is -4.07. The lowest BCUT2D eigenvalue weighted by molar-refractivity contribution is -0.139. The summed E-state index contributed by atoms with van der Waals surface area (Å²) in [6.07, 6.45) is 0.730. The maximum Gasteiger partial charge on any atom is 0.264 e. The number of rotatable bonds is 11. The van der Waals surface area contributed by atoms with Crippen LogP contribution in [-0.2, 0) is 26.2 Å². The second kappa shape index (κ2) is 12.7. The number of sulfonamides is 1. The van der Waals surface area contributed by atoms with Crippen molar-refractivity contribution in [2.45, 2.75) is 50.7 Å². The van der Waals surface area contributed by atoms with Crippen LogP contribution in [-0.4, -0.2) is 43.8 Å². The zero-order valence-electron chi connectivity index (χ0n) is 21.2. The molecule has 0 aliphatic rings. The number of hydrogen-bond donors (Lipinski definition) is 1. The van der Waals surface area contributed by atoms with Gasteiger partial charge in [0, 0.05) is 17.6 Å². The first-order chi connectivity index (χ1) is 17.6. The molecule has 0 aromatic heterocycles. The van der Waals surface area contributed by atoms with E-state index < -0.39 is 28.5 Å². The maximum absolute atomic E-state index is 13.8. The van der Waals surface area contributed by atoms with Gasteiger partial charge in [-0.1, -0.05) is 73.1 Å². The molecule has 1 N–H and O–H groups in total. The number of benzene rings is 3. The molecule has 9 heteroatoms. The summed E-state index contributed by atoms with van der Waals surface area (Å²) in [6.45, 7) is 5.02. The molecule has 0 saturated heterocycles. The van der Waals surface area contributed by atoms with E-state index in [1.165, 1.54) is 17.0 Å². The van der Waals surface area contributed by atoms with Crippen LogP contribution in [0.5, 0.6) is 0 Å². The molecule has 0 spiro atoms. The normalized spacial score (nSPS) is 12.9. The van der Waals surface area contributed by atoms with Crippen LogP contribution < -0.4 is 9.62 Å². The molecular formula is C28H32ClN3O4S. The summed E-state index contributed by atoms with van der Waals surface area (Å²) in [6, 6.07) is 22.5. The molecule has 0 heterocycles. The summed E-state index contributed by atoms with van der Waals surface area (Å²) in [5.41, 5.74) is 0.993. The Balaban J connectivity index is 2.00. The Morgan fingerprint density at radius 3 is 2.05 bits per heavy atom. The highest BCUT2D eigenvalue weighted by molar-refractivity contribution is 7.92. The predicted molar refractivity (Wildman–Crippen MR) is 147 cm³/mol. The van der Waals surface area contributed by atoms with Crippen molar-refractivity contribution in [2.24, 2.45) is 0 Å². The Bertz CT molecular complexity index is 1300. The van der Waals surface area contributed by atoms with Crippen molar-refractivity contribution in [2.75, 3.05) is 10.8 Å². The van der Waals surface area contributed by atoms with Crippen molar-refractivity contribution in [3.8, 4) is 0 Å². The van der Waals surface area contributed by atoms with Gasteiger partial charge in [-0.15, -0.1) is 0 Å². The van der Waals surface area contributed by atoms with Gasteiger partial charge in [-0.25, -0.2) is 8.42 Å². The first-order valence-electron chi connectivity index (χ1n) is 12.1. The third-order valence-corrected chi connectivity index (χ3v) is 8.28. The number of carbonyl (C=O) groups is 2.